The van der Waals surface area contributed by atoms with Crippen molar-refractivity contribution in [2.75, 3.05) is 0 Å². The van der Waals surface area contributed by atoms with Crippen molar-refractivity contribution in [3.8, 4) is 16.9 Å². The van der Waals surface area contributed by atoms with E-state index in [9.17, 15) is 27.9 Å². The molecule has 0 aromatic heterocycles. The van der Waals surface area contributed by atoms with Crippen LogP contribution < -0.4 is 10.1 Å². The van der Waals surface area contributed by atoms with Gasteiger partial charge in [0.05, 0.1) is 5.56 Å². The molecule has 1 atom stereocenters. The molecule has 0 fully saturated rings. The van der Waals surface area contributed by atoms with Crippen LogP contribution in [0.25, 0.3) is 11.1 Å². The zero-order chi connectivity index (χ0) is 26.7. The summed E-state index contributed by atoms with van der Waals surface area (Å²) in [5, 5.41) is 12.2. The van der Waals surface area contributed by atoms with Crippen molar-refractivity contribution in [3.05, 3.63) is 89.0 Å². The van der Waals surface area contributed by atoms with Crippen LogP contribution in [0, 0.1) is 6.92 Å². The van der Waals surface area contributed by atoms with E-state index >= 15 is 0 Å². The third-order valence-corrected chi connectivity index (χ3v) is 5.73. The van der Waals surface area contributed by atoms with Gasteiger partial charge in [0.25, 0.3) is 5.91 Å². The van der Waals surface area contributed by atoms with Crippen LogP contribution in [0.1, 0.15) is 47.8 Å². The number of nitrogens with one attached hydrogen (secondary N) is 1. The maximum atomic E-state index is 12.8. The van der Waals surface area contributed by atoms with Gasteiger partial charge in [-0.25, -0.2) is 4.79 Å². The fourth-order valence-corrected chi connectivity index (χ4v) is 3.65. The second-order valence-electron chi connectivity index (χ2n) is 9.25. The highest BCUT2D eigenvalue weighted by molar-refractivity contribution is 5.94. The van der Waals surface area contributed by atoms with Gasteiger partial charge in [-0.15, -0.1) is 0 Å². The number of alkyl halides is 3. The molecule has 0 heterocycles. The van der Waals surface area contributed by atoms with Gasteiger partial charge < -0.3 is 15.2 Å². The Labute approximate surface area is 207 Å². The Hall–Kier alpha value is -3.81. The summed E-state index contributed by atoms with van der Waals surface area (Å²) >= 11 is 0. The maximum Gasteiger partial charge on any atom is 0.416 e. The topological polar surface area (TPSA) is 75.6 Å². The lowest BCUT2D eigenvalue weighted by Gasteiger charge is -2.23. The molecular weight excluding hydrogens is 471 g/mol. The zero-order valence-electron chi connectivity index (χ0n) is 20.4. The Morgan fingerprint density at radius 1 is 0.944 bits per heavy atom. The summed E-state index contributed by atoms with van der Waals surface area (Å²) in [6.07, 6.45) is -3.83. The molecular formula is C28H28F3NO4. The van der Waals surface area contributed by atoms with Crippen molar-refractivity contribution < 1.29 is 32.6 Å². The highest BCUT2D eigenvalue weighted by Gasteiger charge is 2.30. The molecule has 5 nitrogen and oxygen atoms in total. The summed E-state index contributed by atoms with van der Waals surface area (Å²) < 4.78 is 43.9. The van der Waals surface area contributed by atoms with Gasteiger partial charge in [0.1, 0.15) is 5.75 Å². The number of halogens is 3. The second-order valence-corrected chi connectivity index (χ2v) is 9.25. The van der Waals surface area contributed by atoms with E-state index in [-0.39, 0.29) is 11.9 Å². The monoisotopic (exact) mass is 499 g/mol. The van der Waals surface area contributed by atoms with E-state index in [1.165, 1.54) is 26.0 Å². The third-order valence-electron chi connectivity index (χ3n) is 5.73. The average molecular weight is 500 g/mol. The number of benzene rings is 3. The van der Waals surface area contributed by atoms with Crippen LogP contribution in [0.5, 0.6) is 5.75 Å². The van der Waals surface area contributed by atoms with Gasteiger partial charge in [-0.2, -0.15) is 13.2 Å². The summed E-state index contributed by atoms with van der Waals surface area (Å²) in [5.74, 6) is -0.841. The van der Waals surface area contributed by atoms with Crippen molar-refractivity contribution in [1.82, 2.24) is 5.32 Å². The van der Waals surface area contributed by atoms with Crippen LogP contribution in [-0.2, 0) is 17.4 Å². The quantitative estimate of drug-likeness (QED) is 0.382. The molecule has 8 heteroatoms. The SMILES string of the molecule is Cc1cc(CC(C)NC(=O)c2ccc(-c3ccc(C(F)(F)F)cc3)cc2)ccc1OC(C)(C)C(=O)O. The predicted octanol–water partition coefficient (Wildman–Crippen LogP) is 6.28. The van der Waals surface area contributed by atoms with Crippen LogP contribution in [0.4, 0.5) is 13.2 Å². The summed E-state index contributed by atoms with van der Waals surface area (Å²) in [6.45, 7) is 6.67. The highest BCUT2D eigenvalue weighted by atomic mass is 19.4. The first kappa shape index (κ1) is 26.8. The van der Waals surface area contributed by atoms with Gasteiger partial charge in [-0.05, 0) is 86.7 Å². The standard InChI is InChI=1S/C28H28F3NO4/c1-17-15-19(5-14-24(17)36-27(3,4)26(34)35)16-18(2)32-25(33)22-8-6-20(7-9-22)21-10-12-23(13-11-21)28(29,30)31/h5-15,18H,16H2,1-4H3,(H,32,33)(H,34,35). The minimum atomic E-state index is -4.39. The largest absolute Gasteiger partial charge is 0.478 e. The number of rotatable bonds is 8. The molecule has 3 aromatic rings. The molecule has 36 heavy (non-hydrogen) atoms. The molecule has 0 saturated carbocycles. The fourth-order valence-electron chi connectivity index (χ4n) is 3.65. The van der Waals surface area contributed by atoms with E-state index in [2.05, 4.69) is 5.32 Å². The van der Waals surface area contributed by atoms with Crippen molar-refractivity contribution in [2.24, 2.45) is 0 Å². The molecule has 0 aliphatic heterocycles. The molecule has 3 rings (SSSR count). The molecule has 3 aromatic carbocycles. The van der Waals surface area contributed by atoms with Crippen LogP contribution in [0.15, 0.2) is 66.7 Å². The second kappa shape index (κ2) is 10.4. The molecule has 190 valence electrons. The predicted molar refractivity (Wildman–Crippen MR) is 131 cm³/mol. The lowest BCUT2D eigenvalue weighted by atomic mass is 10.0. The Morgan fingerprint density at radius 2 is 1.50 bits per heavy atom. The Balaban J connectivity index is 1.60. The van der Waals surface area contributed by atoms with Crippen molar-refractivity contribution in [3.63, 3.8) is 0 Å². The van der Waals surface area contributed by atoms with Gasteiger partial charge in [-0.1, -0.05) is 36.4 Å². The smallest absolute Gasteiger partial charge is 0.416 e. The number of carbonyl (C=O) groups excluding carboxylic acids is 1. The molecule has 0 aliphatic rings. The number of hydrogen-bond donors (Lipinski definition) is 2. The summed E-state index contributed by atoms with van der Waals surface area (Å²) in [4.78, 5) is 24.0. The number of amides is 1. The number of aryl methyl sites for hydroxylation is 1. The number of carboxylic acids is 1. The normalized spacial score (nSPS) is 12.6. The van der Waals surface area contributed by atoms with E-state index in [4.69, 9.17) is 4.74 Å². The van der Waals surface area contributed by atoms with Crippen molar-refractivity contribution in [1.29, 1.82) is 0 Å². The summed E-state index contributed by atoms with van der Waals surface area (Å²) in [5.41, 5.74) is 1.45. The molecule has 0 aliphatic carbocycles. The molecule has 0 bridgehead atoms. The van der Waals surface area contributed by atoms with E-state index in [1.54, 1.807) is 30.3 Å². The van der Waals surface area contributed by atoms with E-state index < -0.39 is 23.3 Å². The molecule has 0 radical (unpaired) electrons. The number of ether oxygens (including phenoxy) is 1. The zero-order valence-corrected chi connectivity index (χ0v) is 20.4. The fraction of sp³-hybridized carbons (Fsp3) is 0.286. The third kappa shape index (κ3) is 6.65. The van der Waals surface area contributed by atoms with Crippen LogP contribution in [0.3, 0.4) is 0 Å². The molecule has 1 amide bonds. The molecule has 1 unspecified atom stereocenters. The van der Waals surface area contributed by atoms with Crippen LogP contribution in [0.2, 0.25) is 0 Å². The van der Waals surface area contributed by atoms with Gasteiger partial charge in [0.15, 0.2) is 5.60 Å². The first-order valence-electron chi connectivity index (χ1n) is 11.4. The van der Waals surface area contributed by atoms with Crippen LogP contribution >= 0.6 is 0 Å². The minimum Gasteiger partial charge on any atom is -0.478 e. The van der Waals surface area contributed by atoms with E-state index in [1.807, 2.05) is 26.0 Å². The van der Waals surface area contributed by atoms with E-state index in [0.29, 0.717) is 28.9 Å². The van der Waals surface area contributed by atoms with Crippen LogP contribution in [-0.4, -0.2) is 28.6 Å². The lowest BCUT2D eigenvalue weighted by Crippen LogP contribution is -2.38. The summed E-state index contributed by atoms with van der Waals surface area (Å²) in [7, 11) is 0. The molecule has 0 spiro atoms. The van der Waals surface area contributed by atoms with Crippen molar-refractivity contribution >= 4 is 11.9 Å². The maximum absolute atomic E-state index is 12.8. The van der Waals surface area contributed by atoms with E-state index in [0.717, 1.165) is 23.3 Å². The molecule has 0 saturated heterocycles. The first-order valence-corrected chi connectivity index (χ1v) is 11.4. The Morgan fingerprint density at radius 3 is 2.00 bits per heavy atom. The van der Waals surface area contributed by atoms with Crippen molar-refractivity contribution in [2.45, 2.75) is 51.9 Å². The van der Waals surface area contributed by atoms with Gasteiger partial charge in [0, 0.05) is 11.6 Å². The average Bonchev–Trinajstić information content (AvgIpc) is 2.80. The highest BCUT2D eigenvalue weighted by Crippen LogP contribution is 2.31. The molecule has 2 N–H and O–H groups in total. The van der Waals surface area contributed by atoms with Gasteiger partial charge in [-0.3, -0.25) is 4.79 Å². The first-order chi connectivity index (χ1) is 16.8. The number of carbonyl (C=O) groups is 2. The number of hydrogen-bond acceptors (Lipinski definition) is 3. The Bertz CT molecular complexity index is 1230. The Kier molecular flexibility index (Phi) is 7.77. The van der Waals surface area contributed by atoms with Gasteiger partial charge >= 0.3 is 12.1 Å². The lowest BCUT2D eigenvalue weighted by molar-refractivity contribution is -0.152. The summed E-state index contributed by atoms with van der Waals surface area (Å²) in [6, 6.07) is 16.8. The number of carboxylic acid groups (broad SMARTS) is 1. The minimum absolute atomic E-state index is 0.186. The number of aliphatic carboxylic acids is 1. The van der Waals surface area contributed by atoms with Gasteiger partial charge in [0.2, 0.25) is 0 Å².